The number of hydrogen-bond acceptors (Lipinski definition) is 13. The van der Waals surface area contributed by atoms with Gasteiger partial charge in [0.05, 0.1) is 49.8 Å². The number of piperidine rings is 1. The first kappa shape index (κ1) is 38.9. The van der Waals surface area contributed by atoms with Crippen LogP contribution in [0.1, 0.15) is 76.0 Å². The molecule has 2 aromatic rings. The summed E-state index contributed by atoms with van der Waals surface area (Å²) in [6.45, 7) is 7.98. The van der Waals surface area contributed by atoms with Gasteiger partial charge >= 0.3 is 17.9 Å². The number of fused-ring (bicyclic) bond motifs is 2. The maximum atomic E-state index is 15.3. The number of para-hydroxylation sites is 1. The molecule has 11 atom stereocenters. The summed E-state index contributed by atoms with van der Waals surface area (Å²) in [4.78, 5) is 55.0. The highest BCUT2D eigenvalue weighted by Gasteiger charge is 2.81. The Hall–Kier alpha value is -4.30. The summed E-state index contributed by atoms with van der Waals surface area (Å²) in [5, 5.41) is 25.4. The van der Waals surface area contributed by atoms with Gasteiger partial charge < -0.3 is 34.1 Å². The highest BCUT2D eigenvalue weighted by Crippen LogP contribution is 2.69. The van der Waals surface area contributed by atoms with E-state index in [0.29, 0.717) is 63.1 Å². The van der Waals surface area contributed by atoms with E-state index in [9.17, 15) is 19.8 Å². The van der Waals surface area contributed by atoms with Crippen molar-refractivity contribution in [2.45, 2.75) is 111 Å². The van der Waals surface area contributed by atoms with Crippen molar-refractivity contribution in [1.29, 1.82) is 0 Å². The Labute approximate surface area is 345 Å². The Morgan fingerprint density at radius 2 is 1.64 bits per heavy atom. The van der Waals surface area contributed by atoms with Crippen LogP contribution >= 0.6 is 0 Å². The predicted molar refractivity (Wildman–Crippen MR) is 218 cm³/mol. The van der Waals surface area contributed by atoms with Gasteiger partial charge in [0.2, 0.25) is 5.60 Å². The Morgan fingerprint density at radius 3 is 2.34 bits per heavy atom. The number of aliphatic hydroxyl groups is 2. The van der Waals surface area contributed by atoms with E-state index in [4.69, 9.17) is 23.9 Å². The van der Waals surface area contributed by atoms with Crippen molar-refractivity contribution in [1.82, 2.24) is 9.80 Å². The fraction of sp³-hybridized carbons (Fsp3) is 0.609. The predicted octanol–water partition coefficient (Wildman–Crippen LogP) is 3.72. The Morgan fingerprint density at radius 1 is 0.898 bits per heavy atom. The van der Waals surface area contributed by atoms with Crippen molar-refractivity contribution < 1.29 is 43.5 Å². The molecule has 10 rings (SSSR count). The van der Waals surface area contributed by atoms with Gasteiger partial charge in [-0.15, -0.1) is 0 Å². The second-order valence-electron chi connectivity index (χ2n) is 18.7. The molecule has 6 heterocycles. The minimum Gasteiger partial charge on any atom is -0.496 e. The van der Waals surface area contributed by atoms with Crippen LogP contribution in [-0.4, -0.2) is 134 Å². The molecular formula is C46H56N4O9. The number of carbonyl (C=O) groups is 3. The second kappa shape index (κ2) is 12.6. The number of anilines is 1. The fourth-order valence-electron chi connectivity index (χ4n) is 14.9. The van der Waals surface area contributed by atoms with E-state index < -0.39 is 62.9 Å². The molecule has 6 aliphatic heterocycles. The molecule has 2 aliphatic carbocycles. The van der Waals surface area contributed by atoms with Gasteiger partial charge in [-0.3, -0.25) is 24.4 Å². The van der Waals surface area contributed by atoms with E-state index in [2.05, 4.69) is 34.1 Å². The number of carbonyl (C=O) groups excluding carboxylic acids is 3. The monoisotopic (exact) mass is 808 g/mol. The quantitative estimate of drug-likeness (QED) is 0.239. The SMILES string of the molecule is CC[C@]1(O)C[C@@H]2C[C@](C(=O)OC)(c3cc4c(cc3OC)N(C)[C@H]3[C@@](O)(C(=O)OC)[C@H](OC(C)=O)[C@]5(CC)C=CCN6CC[C@]43[C@@H]65)C3=Nc4ccccc4[C@@]34CCN(C1)[C@@H]24. The lowest BCUT2D eigenvalue weighted by molar-refractivity contribution is -0.228. The van der Waals surface area contributed by atoms with Crippen LogP contribution < -0.4 is 9.64 Å². The van der Waals surface area contributed by atoms with Crippen LogP contribution in [0.3, 0.4) is 0 Å². The van der Waals surface area contributed by atoms with Gasteiger partial charge in [-0.05, 0) is 80.8 Å². The van der Waals surface area contributed by atoms with Gasteiger partial charge in [-0.2, -0.15) is 0 Å². The van der Waals surface area contributed by atoms with Crippen molar-refractivity contribution in [3.63, 3.8) is 0 Å². The number of aliphatic imine (C=N–C) groups is 1. The summed E-state index contributed by atoms with van der Waals surface area (Å²) in [7, 11) is 6.16. The van der Waals surface area contributed by atoms with Crippen LogP contribution in [-0.2, 0) is 44.8 Å². The number of likely N-dealkylation sites (N-methyl/N-ethyl adjacent to an activating group) is 1. The van der Waals surface area contributed by atoms with Gasteiger partial charge in [0.15, 0.2) is 6.10 Å². The summed E-state index contributed by atoms with van der Waals surface area (Å²) in [5.41, 5.74) is -2.23. The maximum absolute atomic E-state index is 15.3. The normalized spacial score (nSPS) is 40.9. The molecule has 0 amide bonds. The molecular weight excluding hydrogens is 753 g/mol. The standard InChI is InChI=1S/C46H56N4O9/c1-8-41(54)23-27-24-45(39(52)57-6,35-43(16-20-50(25-41)34(27)43)28-13-10-11-14-31(28)47-35)30-21-29-32(22-33(30)56-5)48(4)37-44(29)17-19-49-18-12-15-42(9-2,36(44)49)38(59-26(3)51)46(37,55)40(53)58-7/h10-15,21-22,27,34,36-38,54-55H,8-9,16-20,23-25H2,1-7H3/t27-,34+,36+,37-,38-,41+,42-,43-,44-,45+,46+/m1/s1. The molecule has 2 saturated carbocycles. The first-order chi connectivity index (χ1) is 28.2. The van der Waals surface area contributed by atoms with Crippen LogP contribution in [0.15, 0.2) is 53.5 Å². The molecule has 8 aliphatic rings. The van der Waals surface area contributed by atoms with E-state index in [1.165, 1.54) is 21.1 Å². The zero-order valence-corrected chi connectivity index (χ0v) is 35.1. The molecule has 0 radical (unpaired) electrons. The van der Waals surface area contributed by atoms with Crippen LogP contribution in [0.2, 0.25) is 0 Å². The van der Waals surface area contributed by atoms with Crippen LogP contribution in [0.25, 0.3) is 0 Å². The van der Waals surface area contributed by atoms with Crippen molar-refractivity contribution in [3.05, 3.63) is 65.2 Å². The third-order valence-corrected chi connectivity index (χ3v) is 16.7. The highest BCUT2D eigenvalue weighted by atomic mass is 16.6. The Bertz CT molecular complexity index is 2250. The largest absolute Gasteiger partial charge is 0.496 e. The molecule has 2 spiro atoms. The molecule has 2 N–H and O–H groups in total. The third-order valence-electron chi connectivity index (χ3n) is 16.7. The molecule has 5 fully saturated rings. The topological polar surface area (TPSA) is 151 Å². The summed E-state index contributed by atoms with van der Waals surface area (Å²) in [5.74, 6) is -1.56. The van der Waals surface area contributed by atoms with Gasteiger partial charge in [-0.25, -0.2) is 4.79 Å². The molecule has 0 bridgehead atoms. The van der Waals surface area contributed by atoms with Crippen molar-refractivity contribution >= 4 is 35.0 Å². The van der Waals surface area contributed by atoms with E-state index in [1.807, 2.05) is 50.1 Å². The Balaban J connectivity index is 1.27. The number of benzene rings is 2. The number of nitrogens with zero attached hydrogens (tertiary/aromatic N) is 4. The van der Waals surface area contributed by atoms with Crippen LogP contribution in [0, 0.1) is 11.3 Å². The first-order valence-electron chi connectivity index (χ1n) is 21.3. The maximum Gasteiger partial charge on any atom is 0.344 e. The third kappa shape index (κ3) is 4.40. The highest BCUT2D eigenvalue weighted by molar-refractivity contribution is 6.21. The van der Waals surface area contributed by atoms with Gasteiger partial charge in [0, 0.05) is 67.3 Å². The lowest BCUT2D eigenvalue weighted by atomic mass is 9.47. The first-order valence-corrected chi connectivity index (χ1v) is 21.3. The number of rotatable bonds is 7. The zero-order chi connectivity index (χ0) is 41.7. The molecule has 3 saturated heterocycles. The van der Waals surface area contributed by atoms with E-state index in [0.717, 1.165) is 41.2 Å². The Kier molecular flexibility index (Phi) is 8.32. The summed E-state index contributed by atoms with van der Waals surface area (Å²) in [6.07, 6.45) is 6.07. The summed E-state index contributed by atoms with van der Waals surface area (Å²) in [6, 6.07) is 11.1. The van der Waals surface area contributed by atoms with E-state index in [1.54, 1.807) is 7.11 Å². The van der Waals surface area contributed by atoms with E-state index in [-0.39, 0.29) is 18.0 Å². The molecule has 13 nitrogen and oxygen atoms in total. The van der Waals surface area contributed by atoms with Crippen LogP contribution in [0.5, 0.6) is 5.75 Å². The minimum atomic E-state index is -2.30. The number of esters is 3. The molecule has 0 aromatic heterocycles. The molecule has 2 aromatic carbocycles. The van der Waals surface area contributed by atoms with Gasteiger partial charge in [-0.1, -0.05) is 44.2 Å². The summed E-state index contributed by atoms with van der Waals surface area (Å²) < 4.78 is 23.9. The molecule has 59 heavy (non-hydrogen) atoms. The van der Waals surface area contributed by atoms with Crippen LogP contribution in [0.4, 0.5) is 11.4 Å². The van der Waals surface area contributed by atoms with Crippen molar-refractivity contribution in [3.8, 4) is 5.75 Å². The average Bonchev–Trinajstić information content (AvgIpc) is 3.99. The second-order valence-corrected chi connectivity index (χ2v) is 18.7. The average molecular weight is 809 g/mol. The lowest BCUT2D eigenvalue weighted by Gasteiger charge is -2.63. The number of ether oxygens (including phenoxy) is 4. The molecule has 314 valence electrons. The van der Waals surface area contributed by atoms with Gasteiger partial charge in [0.1, 0.15) is 11.2 Å². The van der Waals surface area contributed by atoms with E-state index >= 15 is 4.79 Å². The number of hydrogen-bond donors (Lipinski definition) is 2. The zero-order valence-electron chi connectivity index (χ0n) is 35.1. The lowest BCUT2D eigenvalue weighted by Crippen LogP contribution is -2.81. The fourth-order valence-corrected chi connectivity index (χ4v) is 14.9. The van der Waals surface area contributed by atoms with Crippen molar-refractivity contribution in [2.75, 3.05) is 59.5 Å². The summed E-state index contributed by atoms with van der Waals surface area (Å²) >= 11 is 0. The van der Waals surface area contributed by atoms with Gasteiger partial charge in [0.25, 0.3) is 0 Å². The van der Waals surface area contributed by atoms with Crippen molar-refractivity contribution in [2.24, 2.45) is 16.3 Å². The number of methoxy groups -OCH3 is 3. The molecule has 0 unspecified atom stereocenters. The minimum absolute atomic E-state index is 0.0261. The molecule has 13 heteroatoms. The smallest absolute Gasteiger partial charge is 0.344 e.